The number of hydrogen-bond acceptors (Lipinski definition) is 3. The Morgan fingerprint density at radius 1 is 1.26 bits per heavy atom. The summed E-state index contributed by atoms with van der Waals surface area (Å²) >= 11 is 0. The van der Waals surface area contributed by atoms with E-state index in [9.17, 15) is 18.0 Å². The molecule has 1 aliphatic heterocycles. The van der Waals surface area contributed by atoms with Crippen molar-refractivity contribution in [3.63, 3.8) is 0 Å². The molecule has 0 radical (unpaired) electrons. The summed E-state index contributed by atoms with van der Waals surface area (Å²) in [6.07, 6.45) is -2.95. The zero-order valence-electron chi connectivity index (χ0n) is 14.5. The van der Waals surface area contributed by atoms with E-state index in [0.717, 1.165) is 0 Å². The van der Waals surface area contributed by atoms with Crippen LogP contribution in [0.4, 0.5) is 13.2 Å². The number of aliphatic imine (C=N–C) groups is 1. The SMILES string of the molecule is Cc1c(F)cccc1C1(C(F)F)N=C(c2ccccc2C(N)=O)OC2CC21. The summed E-state index contributed by atoms with van der Waals surface area (Å²) in [5, 5.41) is 0. The minimum absolute atomic E-state index is 0.0629. The molecule has 0 spiro atoms. The summed E-state index contributed by atoms with van der Waals surface area (Å²) in [6, 6.07) is 10.4. The lowest BCUT2D eigenvalue weighted by Crippen LogP contribution is -2.42. The van der Waals surface area contributed by atoms with Gasteiger partial charge in [-0.2, -0.15) is 0 Å². The maximum Gasteiger partial charge on any atom is 0.268 e. The number of carbonyl (C=O) groups is 1. The van der Waals surface area contributed by atoms with Crippen LogP contribution in [0.1, 0.15) is 33.5 Å². The Hall–Kier alpha value is -2.83. The summed E-state index contributed by atoms with van der Waals surface area (Å²) in [6.45, 7) is 1.47. The Bertz CT molecular complexity index is 960. The summed E-state index contributed by atoms with van der Waals surface area (Å²) in [5.41, 5.74) is 4.15. The molecule has 0 aromatic heterocycles. The van der Waals surface area contributed by atoms with Gasteiger partial charge in [-0.3, -0.25) is 4.79 Å². The molecule has 2 aromatic carbocycles. The minimum Gasteiger partial charge on any atom is -0.474 e. The fourth-order valence-electron chi connectivity index (χ4n) is 3.82. The molecule has 1 fully saturated rings. The number of hydrogen-bond donors (Lipinski definition) is 1. The molecule has 7 heteroatoms. The highest BCUT2D eigenvalue weighted by atomic mass is 19.3. The van der Waals surface area contributed by atoms with Crippen molar-refractivity contribution in [1.29, 1.82) is 0 Å². The Morgan fingerprint density at radius 3 is 2.70 bits per heavy atom. The van der Waals surface area contributed by atoms with E-state index < -0.39 is 35.7 Å². The second-order valence-electron chi connectivity index (χ2n) is 6.86. The van der Waals surface area contributed by atoms with E-state index in [4.69, 9.17) is 10.5 Å². The number of ether oxygens (including phenoxy) is 1. The normalized spacial score (nSPS) is 26.2. The van der Waals surface area contributed by atoms with E-state index in [1.54, 1.807) is 18.2 Å². The van der Waals surface area contributed by atoms with Crippen molar-refractivity contribution in [2.24, 2.45) is 16.6 Å². The third-order valence-electron chi connectivity index (χ3n) is 5.30. The van der Waals surface area contributed by atoms with Crippen LogP contribution in [-0.2, 0) is 10.3 Å². The lowest BCUT2D eigenvalue weighted by atomic mass is 9.82. The van der Waals surface area contributed by atoms with E-state index in [-0.39, 0.29) is 28.2 Å². The number of rotatable bonds is 4. The Balaban J connectivity index is 1.94. The standard InChI is InChI=1S/C20H17F3N2O2/c1-10-13(7-4-8-15(10)21)20(19(22)23)14-9-16(14)27-18(25-20)12-6-3-2-5-11(12)17(24)26/h2-8,14,16,19H,9H2,1H3,(H2,24,26). The number of alkyl halides is 2. The largest absolute Gasteiger partial charge is 0.474 e. The molecule has 0 saturated heterocycles. The average molecular weight is 374 g/mol. The molecule has 1 aliphatic carbocycles. The summed E-state index contributed by atoms with van der Waals surface area (Å²) < 4.78 is 48.7. The Kier molecular flexibility index (Phi) is 3.98. The third kappa shape index (κ3) is 2.60. The predicted octanol–water partition coefficient (Wildman–Crippen LogP) is 3.56. The van der Waals surface area contributed by atoms with Crippen LogP contribution in [0.3, 0.4) is 0 Å². The average Bonchev–Trinajstić information content (AvgIpc) is 3.43. The van der Waals surface area contributed by atoms with Gasteiger partial charge in [0.2, 0.25) is 11.8 Å². The molecule has 1 amide bonds. The number of primary amides is 1. The molecule has 27 heavy (non-hydrogen) atoms. The van der Waals surface area contributed by atoms with Crippen molar-refractivity contribution < 1.29 is 22.7 Å². The highest BCUT2D eigenvalue weighted by Gasteiger charge is 2.64. The summed E-state index contributed by atoms with van der Waals surface area (Å²) in [5.74, 6) is -1.89. The molecule has 3 unspecified atom stereocenters. The number of fused-ring (bicyclic) bond motifs is 1. The fraction of sp³-hybridized carbons (Fsp3) is 0.300. The second-order valence-corrected chi connectivity index (χ2v) is 6.86. The van der Waals surface area contributed by atoms with E-state index in [0.29, 0.717) is 6.42 Å². The van der Waals surface area contributed by atoms with Crippen molar-refractivity contribution in [3.05, 3.63) is 70.5 Å². The maximum atomic E-state index is 14.4. The first-order valence-electron chi connectivity index (χ1n) is 8.55. The second kappa shape index (κ2) is 6.11. The van der Waals surface area contributed by atoms with Gasteiger partial charge in [-0.15, -0.1) is 0 Å². The fourth-order valence-corrected chi connectivity index (χ4v) is 3.82. The zero-order valence-corrected chi connectivity index (χ0v) is 14.5. The maximum absolute atomic E-state index is 14.4. The van der Waals surface area contributed by atoms with E-state index in [2.05, 4.69) is 4.99 Å². The summed E-state index contributed by atoms with van der Waals surface area (Å²) in [4.78, 5) is 16.0. The molecule has 1 heterocycles. The Labute approximate surface area is 153 Å². The van der Waals surface area contributed by atoms with Crippen molar-refractivity contribution in [1.82, 2.24) is 0 Å². The molecule has 2 aromatic rings. The van der Waals surface area contributed by atoms with Crippen LogP contribution < -0.4 is 5.73 Å². The molecule has 2 N–H and O–H groups in total. The topological polar surface area (TPSA) is 64.7 Å². The molecule has 2 aliphatic rings. The van der Waals surface area contributed by atoms with Gasteiger partial charge in [-0.05, 0) is 42.7 Å². The van der Waals surface area contributed by atoms with E-state index in [1.807, 2.05) is 0 Å². The van der Waals surface area contributed by atoms with Gasteiger partial charge < -0.3 is 10.5 Å². The quantitative estimate of drug-likeness (QED) is 0.889. The number of benzene rings is 2. The third-order valence-corrected chi connectivity index (χ3v) is 5.30. The first-order chi connectivity index (χ1) is 12.9. The highest BCUT2D eigenvalue weighted by Crippen LogP contribution is 2.57. The van der Waals surface area contributed by atoms with Crippen LogP contribution in [-0.4, -0.2) is 24.3 Å². The highest BCUT2D eigenvalue weighted by molar-refractivity contribution is 6.07. The zero-order chi connectivity index (χ0) is 19.3. The van der Waals surface area contributed by atoms with Crippen molar-refractivity contribution in [2.75, 3.05) is 0 Å². The van der Waals surface area contributed by atoms with E-state index >= 15 is 0 Å². The molecular formula is C20H17F3N2O2. The van der Waals surface area contributed by atoms with Gasteiger partial charge in [0.15, 0.2) is 5.54 Å². The van der Waals surface area contributed by atoms with Crippen LogP contribution in [0.25, 0.3) is 0 Å². The van der Waals surface area contributed by atoms with Crippen LogP contribution in [0.15, 0.2) is 47.5 Å². The molecule has 4 rings (SSSR count). The predicted molar refractivity (Wildman–Crippen MR) is 93.3 cm³/mol. The van der Waals surface area contributed by atoms with Crippen molar-refractivity contribution in [3.8, 4) is 0 Å². The van der Waals surface area contributed by atoms with Gasteiger partial charge in [0.1, 0.15) is 11.9 Å². The number of carbonyl (C=O) groups excluding carboxylic acids is 1. The Morgan fingerprint density at radius 2 is 2.00 bits per heavy atom. The number of amides is 1. The van der Waals surface area contributed by atoms with Gasteiger partial charge in [-0.1, -0.05) is 24.3 Å². The van der Waals surface area contributed by atoms with Crippen LogP contribution >= 0.6 is 0 Å². The van der Waals surface area contributed by atoms with E-state index in [1.165, 1.54) is 31.2 Å². The first-order valence-corrected chi connectivity index (χ1v) is 8.55. The molecular weight excluding hydrogens is 357 g/mol. The molecule has 4 nitrogen and oxygen atoms in total. The van der Waals surface area contributed by atoms with Crippen molar-refractivity contribution in [2.45, 2.75) is 31.4 Å². The lowest BCUT2D eigenvalue weighted by Gasteiger charge is -2.35. The lowest BCUT2D eigenvalue weighted by molar-refractivity contribution is 0.0199. The van der Waals surface area contributed by atoms with Gasteiger partial charge >= 0.3 is 0 Å². The van der Waals surface area contributed by atoms with Gasteiger partial charge in [0.05, 0.1) is 5.56 Å². The van der Waals surface area contributed by atoms with Gasteiger partial charge in [-0.25, -0.2) is 18.2 Å². The number of nitrogens with zero attached hydrogens (tertiary/aromatic N) is 1. The van der Waals surface area contributed by atoms with Gasteiger partial charge in [0.25, 0.3) is 6.43 Å². The minimum atomic E-state index is -2.87. The molecule has 0 bridgehead atoms. The number of nitrogens with two attached hydrogens (primary N) is 1. The smallest absolute Gasteiger partial charge is 0.268 e. The van der Waals surface area contributed by atoms with Crippen LogP contribution in [0.5, 0.6) is 0 Å². The van der Waals surface area contributed by atoms with Crippen LogP contribution in [0.2, 0.25) is 0 Å². The molecule has 3 atom stereocenters. The van der Waals surface area contributed by atoms with Crippen molar-refractivity contribution >= 4 is 11.8 Å². The van der Waals surface area contributed by atoms with Gasteiger partial charge in [0, 0.05) is 11.5 Å². The monoisotopic (exact) mass is 374 g/mol. The summed E-state index contributed by atoms with van der Waals surface area (Å²) in [7, 11) is 0. The first kappa shape index (κ1) is 17.6. The molecule has 140 valence electrons. The number of halogens is 3. The van der Waals surface area contributed by atoms with Crippen LogP contribution in [0, 0.1) is 18.7 Å². The molecule has 1 saturated carbocycles.